The molecule has 0 spiro atoms. The summed E-state index contributed by atoms with van der Waals surface area (Å²) in [5, 5.41) is 0. The number of benzene rings is 1. The number of carbonyl (C=O) groups excluding carboxylic acids is 1. The molecule has 1 amide bonds. The van der Waals surface area contributed by atoms with Gasteiger partial charge in [0.25, 0.3) is 0 Å². The summed E-state index contributed by atoms with van der Waals surface area (Å²) in [4.78, 5) is 25.9. The Balaban J connectivity index is 1.71. The molecule has 1 aromatic heterocycles. The van der Waals surface area contributed by atoms with Gasteiger partial charge in [-0.2, -0.15) is 0 Å². The van der Waals surface area contributed by atoms with Crippen molar-refractivity contribution in [1.82, 2.24) is 14.9 Å². The topological polar surface area (TPSA) is 49.3 Å². The maximum atomic E-state index is 13.2. The Kier molecular flexibility index (Phi) is 5.64. The summed E-state index contributed by atoms with van der Waals surface area (Å²) in [6, 6.07) is 10.4. The van der Waals surface area contributed by atoms with E-state index in [-0.39, 0.29) is 17.9 Å². The van der Waals surface area contributed by atoms with Gasteiger partial charge >= 0.3 is 0 Å². The summed E-state index contributed by atoms with van der Waals surface area (Å²) in [6.07, 6.45) is 7.10. The third kappa shape index (κ3) is 4.35. The normalized spacial score (nSPS) is 17.6. The van der Waals surface area contributed by atoms with E-state index in [1.54, 1.807) is 18.6 Å². The summed E-state index contributed by atoms with van der Waals surface area (Å²) < 4.78 is 0. The average Bonchev–Trinajstić information content (AvgIpc) is 2.67. The van der Waals surface area contributed by atoms with Gasteiger partial charge in [0.15, 0.2) is 0 Å². The minimum atomic E-state index is 0.0156. The lowest BCUT2D eigenvalue weighted by atomic mass is 9.95. The average molecular weight is 338 g/mol. The Hall–Kier alpha value is -2.43. The van der Waals surface area contributed by atoms with Crippen LogP contribution in [-0.2, 0) is 11.3 Å². The molecule has 25 heavy (non-hydrogen) atoms. The largest absolute Gasteiger partial charge is 0.355 e. The summed E-state index contributed by atoms with van der Waals surface area (Å²) in [5.74, 6) is 1.12. The lowest BCUT2D eigenvalue weighted by Crippen LogP contribution is -2.47. The van der Waals surface area contributed by atoms with Crippen LogP contribution in [0.25, 0.3) is 0 Å². The van der Waals surface area contributed by atoms with Crippen LogP contribution in [0, 0.1) is 5.92 Å². The monoisotopic (exact) mass is 338 g/mol. The fourth-order valence-corrected chi connectivity index (χ4v) is 3.37. The van der Waals surface area contributed by atoms with Crippen molar-refractivity contribution in [2.24, 2.45) is 5.92 Å². The second-order valence-electron chi connectivity index (χ2n) is 6.89. The first-order valence-electron chi connectivity index (χ1n) is 9.00. The van der Waals surface area contributed by atoms with Crippen LogP contribution in [0.2, 0.25) is 0 Å². The van der Waals surface area contributed by atoms with Crippen molar-refractivity contribution >= 4 is 11.7 Å². The number of piperidine rings is 1. The zero-order valence-corrected chi connectivity index (χ0v) is 15.0. The van der Waals surface area contributed by atoms with Crippen LogP contribution in [0.5, 0.6) is 0 Å². The maximum absolute atomic E-state index is 13.2. The van der Waals surface area contributed by atoms with Gasteiger partial charge in [-0.3, -0.25) is 9.78 Å². The van der Waals surface area contributed by atoms with E-state index >= 15 is 0 Å². The molecular weight excluding hydrogens is 312 g/mol. The third-order valence-electron chi connectivity index (χ3n) is 4.75. The molecule has 3 rings (SSSR count). The number of hydrogen-bond acceptors (Lipinski definition) is 4. The van der Waals surface area contributed by atoms with Gasteiger partial charge in [0.1, 0.15) is 5.82 Å². The highest BCUT2D eigenvalue weighted by Gasteiger charge is 2.31. The zero-order chi connectivity index (χ0) is 17.6. The Bertz CT molecular complexity index is 675. The van der Waals surface area contributed by atoms with Gasteiger partial charge < -0.3 is 9.80 Å². The van der Waals surface area contributed by atoms with Gasteiger partial charge in [0.2, 0.25) is 5.91 Å². The molecule has 0 radical (unpaired) electrons. The van der Waals surface area contributed by atoms with Gasteiger partial charge in [-0.25, -0.2) is 4.98 Å². The van der Waals surface area contributed by atoms with Crippen molar-refractivity contribution in [2.75, 3.05) is 18.0 Å². The molecule has 1 aliphatic rings. The van der Waals surface area contributed by atoms with E-state index in [0.29, 0.717) is 6.54 Å². The SMILES string of the molecule is CC(C)N(Cc1ccccc1)C(=O)[C@H]1CCCN(c2cnccn2)C1. The Morgan fingerprint density at radius 2 is 2.08 bits per heavy atom. The Labute approximate surface area is 149 Å². The summed E-state index contributed by atoms with van der Waals surface area (Å²) in [6.45, 7) is 6.49. The number of carbonyl (C=O) groups is 1. The summed E-state index contributed by atoms with van der Waals surface area (Å²) >= 11 is 0. The molecular formula is C20H26N4O. The molecule has 0 aliphatic carbocycles. The van der Waals surface area contributed by atoms with Crippen LogP contribution in [-0.4, -0.2) is 39.9 Å². The van der Waals surface area contributed by atoms with E-state index in [1.807, 2.05) is 23.1 Å². The molecule has 0 saturated carbocycles. The number of rotatable bonds is 5. The van der Waals surface area contributed by atoms with Crippen molar-refractivity contribution < 1.29 is 4.79 Å². The predicted molar refractivity (Wildman–Crippen MR) is 99.1 cm³/mol. The van der Waals surface area contributed by atoms with Crippen molar-refractivity contribution in [1.29, 1.82) is 0 Å². The smallest absolute Gasteiger partial charge is 0.228 e. The third-order valence-corrected chi connectivity index (χ3v) is 4.75. The molecule has 0 N–H and O–H groups in total. The quantitative estimate of drug-likeness (QED) is 0.840. The lowest BCUT2D eigenvalue weighted by Gasteiger charge is -2.37. The van der Waals surface area contributed by atoms with E-state index in [9.17, 15) is 4.79 Å². The second kappa shape index (κ2) is 8.10. The fourth-order valence-electron chi connectivity index (χ4n) is 3.37. The molecule has 2 aromatic rings. The van der Waals surface area contributed by atoms with Gasteiger partial charge in [-0.15, -0.1) is 0 Å². The number of hydrogen-bond donors (Lipinski definition) is 0. The van der Waals surface area contributed by atoms with E-state index in [0.717, 1.165) is 31.7 Å². The number of anilines is 1. The molecule has 5 nitrogen and oxygen atoms in total. The van der Waals surface area contributed by atoms with Crippen molar-refractivity contribution in [3.05, 3.63) is 54.5 Å². The summed E-state index contributed by atoms with van der Waals surface area (Å²) in [5.41, 5.74) is 1.17. The first kappa shape index (κ1) is 17.4. The van der Waals surface area contributed by atoms with Crippen LogP contribution in [0.4, 0.5) is 5.82 Å². The second-order valence-corrected chi connectivity index (χ2v) is 6.89. The molecule has 2 heterocycles. The maximum Gasteiger partial charge on any atom is 0.228 e. The van der Waals surface area contributed by atoms with E-state index < -0.39 is 0 Å². The molecule has 1 aromatic carbocycles. The molecule has 1 saturated heterocycles. The van der Waals surface area contributed by atoms with Gasteiger partial charge in [0, 0.05) is 38.1 Å². The van der Waals surface area contributed by atoms with Crippen LogP contribution in [0.1, 0.15) is 32.3 Å². The van der Waals surface area contributed by atoms with Gasteiger partial charge in [-0.05, 0) is 32.3 Å². The van der Waals surface area contributed by atoms with Crippen molar-refractivity contribution in [3.63, 3.8) is 0 Å². The minimum absolute atomic E-state index is 0.0156. The molecule has 132 valence electrons. The standard InChI is InChI=1S/C20H26N4O/c1-16(2)24(14-17-7-4-3-5-8-17)20(25)18-9-6-12-23(15-18)19-13-21-10-11-22-19/h3-5,7-8,10-11,13,16,18H,6,9,12,14-15H2,1-2H3/t18-/m0/s1. The van der Waals surface area contributed by atoms with Gasteiger partial charge in [0.05, 0.1) is 12.1 Å². The Morgan fingerprint density at radius 1 is 1.28 bits per heavy atom. The molecule has 1 fully saturated rings. The van der Waals surface area contributed by atoms with Gasteiger partial charge in [-0.1, -0.05) is 30.3 Å². The molecule has 0 bridgehead atoms. The van der Waals surface area contributed by atoms with Crippen LogP contribution >= 0.6 is 0 Å². The minimum Gasteiger partial charge on any atom is -0.355 e. The highest BCUT2D eigenvalue weighted by Crippen LogP contribution is 2.24. The van der Waals surface area contributed by atoms with Crippen molar-refractivity contribution in [3.8, 4) is 0 Å². The van der Waals surface area contributed by atoms with Crippen LogP contribution in [0.15, 0.2) is 48.9 Å². The Morgan fingerprint density at radius 3 is 2.76 bits per heavy atom. The predicted octanol–water partition coefficient (Wildman–Crippen LogP) is 3.13. The highest BCUT2D eigenvalue weighted by molar-refractivity contribution is 5.80. The highest BCUT2D eigenvalue weighted by atomic mass is 16.2. The molecule has 0 unspecified atom stereocenters. The van der Waals surface area contributed by atoms with Crippen LogP contribution < -0.4 is 4.90 Å². The number of aromatic nitrogens is 2. The van der Waals surface area contributed by atoms with E-state index in [4.69, 9.17) is 0 Å². The number of nitrogens with zero attached hydrogens (tertiary/aromatic N) is 4. The van der Waals surface area contributed by atoms with Crippen molar-refractivity contribution in [2.45, 2.75) is 39.3 Å². The molecule has 1 aliphatic heterocycles. The first-order chi connectivity index (χ1) is 12.1. The molecule has 1 atom stereocenters. The van der Waals surface area contributed by atoms with Crippen LogP contribution in [0.3, 0.4) is 0 Å². The lowest BCUT2D eigenvalue weighted by molar-refractivity contribution is -0.138. The fraction of sp³-hybridized carbons (Fsp3) is 0.450. The zero-order valence-electron chi connectivity index (χ0n) is 15.0. The molecule has 5 heteroatoms. The summed E-state index contributed by atoms with van der Waals surface area (Å²) in [7, 11) is 0. The van der Waals surface area contributed by atoms with E-state index in [1.165, 1.54) is 5.56 Å². The number of amides is 1. The van der Waals surface area contributed by atoms with E-state index in [2.05, 4.69) is 40.8 Å². The first-order valence-corrected chi connectivity index (χ1v) is 9.00.